The van der Waals surface area contributed by atoms with Crippen LogP contribution < -0.4 is 4.90 Å². The van der Waals surface area contributed by atoms with Crippen molar-refractivity contribution in [3.63, 3.8) is 0 Å². The van der Waals surface area contributed by atoms with E-state index in [1.54, 1.807) is 13.0 Å². The highest BCUT2D eigenvalue weighted by Gasteiger charge is 2.29. The van der Waals surface area contributed by atoms with Crippen molar-refractivity contribution in [2.45, 2.75) is 26.3 Å². The smallest absolute Gasteiger partial charge is 0.224 e. The minimum Gasteiger partial charge on any atom is -0.309 e. The first-order valence-electron chi connectivity index (χ1n) is 6.63. The minimum atomic E-state index is 0.0550. The van der Waals surface area contributed by atoms with Crippen molar-refractivity contribution in [2.75, 3.05) is 4.90 Å². The van der Waals surface area contributed by atoms with Crippen molar-refractivity contribution in [1.29, 1.82) is 0 Å². The van der Waals surface area contributed by atoms with E-state index in [0.29, 0.717) is 11.5 Å². The first kappa shape index (κ1) is 13.2. The van der Waals surface area contributed by atoms with Gasteiger partial charge >= 0.3 is 0 Å². The number of hydrogen-bond donors (Lipinski definition) is 1. The van der Waals surface area contributed by atoms with Gasteiger partial charge in [0.2, 0.25) is 5.91 Å². The lowest BCUT2D eigenvalue weighted by Crippen LogP contribution is -2.33. The van der Waals surface area contributed by atoms with Crippen LogP contribution in [0.1, 0.15) is 19.4 Å². The monoisotopic (exact) mass is 282 g/mol. The van der Waals surface area contributed by atoms with Gasteiger partial charge in [-0.15, -0.1) is 0 Å². The number of amides is 1. The van der Waals surface area contributed by atoms with Crippen molar-refractivity contribution in [3.8, 4) is 11.3 Å². The summed E-state index contributed by atoms with van der Waals surface area (Å²) in [6.07, 6.45) is 0.830. The lowest BCUT2D eigenvalue weighted by Gasteiger charge is -2.20. The normalized spacial score (nSPS) is 16.5. The fraction of sp³-hybridized carbons (Fsp3) is 0.286. The summed E-state index contributed by atoms with van der Waals surface area (Å²) >= 11 is 0. The number of benzene rings is 1. The van der Waals surface area contributed by atoms with E-state index in [1.807, 2.05) is 30.0 Å². The second kappa shape index (κ2) is 4.96. The Morgan fingerprint density at radius 3 is 3.05 bits per heavy atom. The number of aromatic amines is 1. The molecule has 0 fully saturated rings. The Kier molecular flexibility index (Phi) is 3.12. The average molecular weight is 282 g/mol. The van der Waals surface area contributed by atoms with Gasteiger partial charge in [-0.1, -0.05) is 6.07 Å². The number of nitrogens with zero attached hydrogens (tertiary/aromatic N) is 5. The molecule has 2 aromatic rings. The van der Waals surface area contributed by atoms with Gasteiger partial charge in [0, 0.05) is 29.1 Å². The highest BCUT2D eigenvalue weighted by molar-refractivity contribution is 5.95. The van der Waals surface area contributed by atoms with Crippen molar-refractivity contribution >= 4 is 17.4 Å². The second-order valence-electron chi connectivity index (χ2n) is 5.11. The van der Waals surface area contributed by atoms with E-state index in [4.69, 9.17) is 5.53 Å². The van der Waals surface area contributed by atoms with Crippen molar-refractivity contribution in [1.82, 2.24) is 10.2 Å². The van der Waals surface area contributed by atoms with Crippen molar-refractivity contribution in [2.24, 2.45) is 5.11 Å². The Balaban J connectivity index is 1.99. The Morgan fingerprint density at radius 1 is 1.52 bits per heavy atom. The Bertz CT molecular complexity index is 759. The number of aromatic nitrogens is 2. The molecule has 1 atom stereocenters. The van der Waals surface area contributed by atoms with Gasteiger partial charge in [-0.3, -0.25) is 9.89 Å². The van der Waals surface area contributed by atoms with Crippen LogP contribution in [0.2, 0.25) is 0 Å². The van der Waals surface area contributed by atoms with Crippen LogP contribution >= 0.6 is 0 Å². The molecule has 7 heteroatoms. The van der Waals surface area contributed by atoms with E-state index < -0.39 is 0 Å². The molecular formula is C14H14N6O. The first-order valence-corrected chi connectivity index (χ1v) is 6.63. The lowest BCUT2D eigenvalue weighted by molar-refractivity contribution is -0.116. The maximum absolute atomic E-state index is 11.7. The third kappa shape index (κ3) is 2.23. The molecule has 2 heterocycles. The molecule has 0 saturated heterocycles. The molecule has 106 valence electrons. The van der Waals surface area contributed by atoms with Crippen LogP contribution in [0.4, 0.5) is 11.5 Å². The molecule has 0 bridgehead atoms. The SMILES string of the molecule is CC(=O)N1c2ccc(-c3cc(N=[N+]=[N-])[nH]n3)cc2CC1C. The second-order valence-corrected chi connectivity index (χ2v) is 5.11. The Morgan fingerprint density at radius 2 is 2.33 bits per heavy atom. The summed E-state index contributed by atoms with van der Waals surface area (Å²) in [6, 6.07) is 7.76. The third-order valence-corrected chi connectivity index (χ3v) is 3.65. The summed E-state index contributed by atoms with van der Waals surface area (Å²) in [5.41, 5.74) is 12.1. The zero-order chi connectivity index (χ0) is 15.0. The van der Waals surface area contributed by atoms with Crippen LogP contribution in [0.25, 0.3) is 21.7 Å². The van der Waals surface area contributed by atoms with Crippen molar-refractivity contribution in [3.05, 3.63) is 40.3 Å². The molecule has 1 aromatic carbocycles. The molecule has 1 N–H and O–H groups in total. The zero-order valence-electron chi connectivity index (χ0n) is 11.7. The van der Waals surface area contributed by atoms with E-state index in [1.165, 1.54) is 0 Å². The van der Waals surface area contributed by atoms with Gasteiger partial charge in [-0.2, -0.15) is 5.10 Å². The molecule has 1 aliphatic rings. The van der Waals surface area contributed by atoms with Crippen LogP contribution in [0.5, 0.6) is 0 Å². The van der Waals surface area contributed by atoms with Crippen LogP contribution in [0.15, 0.2) is 29.4 Å². The lowest BCUT2D eigenvalue weighted by atomic mass is 10.1. The largest absolute Gasteiger partial charge is 0.309 e. The maximum Gasteiger partial charge on any atom is 0.224 e. The average Bonchev–Trinajstić information content (AvgIpc) is 3.01. The van der Waals surface area contributed by atoms with E-state index in [2.05, 4.69) is 20.2 Å². The third-order valence-electron chi connectivity index (χ3n) is 3.65. The van der Waals surface area contributed by atoms with Crippen LogP contribution in [-0.2, 0) is 11.2 Å². The highest BCUT2D eigenvalue weighted by Crippen LogP contribution is 2.35. The molecule has 0 aliphatic carbocycles. The number of anilines is 1. The molecular weight excluding hydrogens is 268 g/mol. The van der Waals surface area contributed by atoms with Crippen molar-refractivity contribution < 1.29 is 4.79 Å². The summed E-state index contributed by atoms with van der Waals surface area (Å²) in [4.78, 5) is 16.2. The first-order chi connectivity index (χ1) is 10.1. The van der Waals surface area contributed by atoms with E-state index >= 15 is 0 Å². The molecule has 1 unspecified atom stereocenters. The summed E-state index contributed by atoms with van der Waals surface area (Å²) in [6.45, 7) is 3.62. The number of azide groups is 1. The van der Waals surface area contributed by atoms with Gasteiger partial charge in [0.05, 0.1) is 5.69 Å². The van der Waals surface area contributed by atoms with Crippen LogP contribution in [0, 0.1) is 0 Å². The van der Waals surface area contributed by atoms with Gasteiger partial charge in [0.25, 0.3) is 0 Å². The Labute approximate surface area is 121 Å². The number of carbonyl (C=O) groups excluding carboxylic acids is 1. The quantitative estimate of drug-likeness (QED) is 0.519. The summed E-state index contributed by atoms with van der Waals surface area (Å²) in [5.74, 6) is 0.436. The predicted molar refractivity (Wildman–Crippen MR) is 79.2 cm³/mol. The molecule has 0 saturated carbocycles. The van der Waals surface area contributed by atoms with Gasteiger partial charge in [0.1, 0.15) is 5.82 Å². The summed E-state index contributed by atoms with van der Waals surface area (Å²) in [7, 11) is 0. The molecule has 0 radical (unpaired) electrons. The van der Waals surface area contributed by atoms with E-state index in [9.17, 15) is 4.79 Å². The molecule has 1 aliphatic heterocycles. The number of nitrogens with one attached hydrogen (secondary N) is 1. The van der Waals surface area contributed by atoms with Gasteiger partial charge in [-0.25, -0.2) is 0 Å². The topological polar surface area (TPSA) is 97.8 Å². The van der Waals surface area contributed by atoms with Crippen LogP contribution in [-0.4, -0.2) is 22.1 Å². The number of fused-ring (bicyclic) bond motifs is 1. The van der Waals surface area contributed by atoms with Gasteiger partial charge in [-0.05, 0) is 47.8 Å². The molecule has 21 heavy (non-hydrogen) atoms. The number of hydrogen-bond acceptors (Lipinski definition) is 3. The highest BCUT2D eigenvalue weighted by atomic mass is 16.2. The number of H-pyrrole nitrogens is 1. The number of rotatable bonds is 2. The van der Waals surface area contributed by atoms with E-state index in [0.717, 1.165) is 23.2 Å². The number of carbonyl (C=O) groups is 1. The molecule has 0 spiro atoms. The van der Waals surface area contributed by atoms with Gasteiger partial charge in [0.15, 0.2) is 0 Å². The summed E-state index contributed by atoms with van der Waals surface area (Å²) < 4.78 is 0. The summed E-state index contributed by atoms with van der Waals surface area (Å²) in [5, 5.41) is 10.3. The maximum atomic E-state index is 11.7. The zero-order valence-corrected chi connectivity index (χ0v) is 11.7. The fourth-order valence-corrected chi connectivity index (χ4v) is 2.83. The predicted octanol–water partition coefficient (Wildman–Crippen LogP) is 3.32. The standard InChI is InChI=1S/C14H14N6O/c1-8-5-11-6-10(3-4-13(11)20(8)9(2)21)12-7-14(17-16-12)18-19-15/h3-4,6-8H,5H2,1-2H3,(H,16,17). The van der Waals surface area contributed by atoms with Crippen LogP contribution in [0.3, 0.4) is 0 Å². The fourth-order valence-electron chi connectivity index (χ4n) is 2.83. The van der Waals surface area contributed by atoms with Gasteiger partial charge < -0.3 is 4.90 Å². The Hall–Kier alpha value is -2.79. The molecule has 1 aromatic heterocycles. The molecule has 3 rings (SSSR count). The minimum absolute atomic E-state index is 0.0550. The van der Waals surface area contributed by atoms with E-state index in [-0.39, 0.29) is 11.9 Å². The molecule has 1 amide bonds. The molecule has 7 nitrogen and oxygen atoms in total.